The van der Waals surface area contributed by atoms with Crippen LogP contribution in [0.15, 0.2) is 43.0 Å². The first-order chi connectivity index (χ1) is 10.5. The number of piperazine rings is 1. The van der Waals surface area contributed by atoms with Gasteiger partial charge in [-0.05, 0) is 5.56 Å². The van der Waals surface area contributed by atoms with E-state index < -0.39 is 23.3 Å². The molecule has 1 aliphatic rings. The predicted octanol–water partition coefficient (Wildman–Crippen LogP) is 0.633. The van der Waals surface area contributed by atoms with Gasteiger partial charge in [0.25, 0.3) is 5.91 Å². The zero-order valence-electron chi connectivity index (χ0n) is 12.4. The molecule has 1 aromatic rings. The fraction of sp³-hybridized carbons (Fsp3) is 0.312. The first-order valence-corrected chi connectivity index (χ1v) is 6.88. The number of hydrogen-bond donors (Lipinski definition) is 1. The SMILES string of the molecule is C=CCC1(C(=O)OCc2ccccc2)NC(=O)CN(C)C1=O. The monoisotopic (exact) mass is 302 g/mol. The summed E-state index contributed by atoms with van der Waals surface area (Å²) in [5.74, 6) is -1.67. The maximum Gasteiger partial charge on any atom is 0.342 e. The number of nitrogens with one attached hydrogen (secondary N) is 1. The first kappa shape index (κ1) is 15.8. The molecule has 1 atom stereocenters. The van der Waals surface area contributed by atoms with E-state index in [0.29, 0.717) is 0 Å². The highest BCUT2D eigenvalue weighted by Crippen LogP contribution is 2.21. The van der Waals surface area contributed by atoms with E-state index in [1.165, 1.54) is 18.0 Å². The number of carbonyl (C=O) groups is 3. The lowest BCUT2D eigenvalue weighted by atomic mass is 9.91. The Kier molecular flexibility index (Phi) is 4.60. The van der Waals surface area contributed by atoms with E-state index in [1.807, 2.05) is 18.2 Å². The second-order valence-electron chi connectivity index (χ2n) is 5.17. The normalized spacial score (nSPS) is 21.2. The Morgan fingerprint density at radius 2 is 2.09 bits per heavy atom. The third-order valence-corrected chi connectivity index (χ3v) is 3.46. The summed E-state index contributed by atoms with van der Waals surface area (Å²) in [6.07, 6.45) is 1.40. The van der Waals surface area contributed by atoms with Crippen LogP contribution >= 0.6 is 0 Å². The van der Waals surface area contributed by atoms with E-state index in [9.17, 15) is 14.4 Å². The van der Waals surface area contributed by atoms with Crippen LogP contribution in [0.4, 0.5) is 0 Å². The average Bonchev–Trinajstić information content (AvgIpc) is 2.51. The Hall–Kier alpha value is -2.63. The van der Waals surface area contributed by atoms with Crippen molar-refractivity contribution in [2.24, 2.45) is 0 Å². The van der Waals surface area contributed by atoms with Crippen molar-refractivity contribution in [2.45, 2.75) is 18.6 Å². The Morgan fingerprint density at radius 3 is 2.73 bits per heavy atom. The van der Waals surface area contributed by atoms with Crippen molar-refractivity contribution < 1.29 is 19.1 Å². The minimum Gasteiger partial charge on any atom is -0.459 e. The van der Waals surface area contributed by atoms with Gasteiger partial charge in [0.05, 0.1) is 6.54 Å². The van der Waals surface area contributed by atoms with E-state index in [2.05, 4.69) is 11.9 Å². The molecule has 1 aliphatic heterocycles. The second-order valence-corrected chi connectivity index (χ2v) is 5.17. The van der Waals surface area contributed by atoms with Gasteiger partial charge in [-0.3, -0.25) is 9.59 Å². The summed E-state index contributed by atoms with van der Waals surface area (Å²) >= 11 is 0. The van der Waals surface area contributed by atoms with Crippen molar-refractivity contribution in [3.05, 3.63) is 48.6 Å². The Morgan fingerprint density at radius 1 is 1.41 bits per heavy atom. The molecule has 0 saturated carbocycles. The molecule has 1 heterocycles. The number of esters is 1. The van der Waals surface area contributed by atoms with Crippen molar-refractivity contribution in [3.63, 3.8) is 0 Å². The van der Waals surface area contributed by atoms with E-state index in [-0.39, 0.29) is 19.6 Å². The van der Waals surface area contributed by atoms with Crippen molar-refractivity contribution in [3.8, 4) is 0 Å². The van der Waals surface area contributed by atoms with Crippen LogP contribution in [0.5, 0.6) is 0 Å². The summed E-state index contributed by atoms with van der Waals surface area (Å²) in [6, 6.07) is 9.11. The molecule has 116 valence electrons. The molecule has 0 radical (unpaired) electrons. The van der Waals surface area contributed by atoms with E-state index >= 15 is 0 Å². The lowest BCUT2D eigenvalue weighted by Gasteiger charge is -2.37. The van der Waals surface area contributed by atoms with Crippen molar-refractivity contribution >= 4 is 17.8 Å². The van der Waals surface area contributed by atoms with Crippen LogP contribution in [-0.4, -0.2) is 41.8 Å². The van der Waals surface area contributed by atoms with Crippen LogP contribution in [0.1, 0.15) is 12.0 Å². The lowest BCUT2D eigenvalue weighted by molar-refractivity contribution is -0.166. The van der Waals surface area contributed by atoms with Gasteiger partial charge in [-0.2, -0.15) is 0 Å². The number of hydrogen-bond acceptors (Lipinski definition) is 4. The summed E-state index contributed by atoms with van der Waals surface area (Å²) in [7, 11) is 1.48. The Bertz CT molecular complexity index is 599. The van der Waals surface area contributed by atoms with Crippen LogP contribution in [0.2, 0.25) is 0 Å². The molecule has 6 heteroatoms. The molecule has 0 aromatic heterocycles. The maximum absolute atomic E-state index is 12.5. The summed E-state index contributed by atoms with van der Waals surface area (Å²) in [5, 5.41) is 2.47. The number of ether oxygens (including phenoxy) is 1. The quantitative estimate of drug-likeness (QED) is 0.492. The third-order valence-electron chi connectivity index (χ3n) is 3.46. The fourth-order valence-electron chi connectivity index (χ4n) is 2.37. The lowest BCUT2D eigenvalue weighted by Crippen LogP contribution is -2.69. The van der Waals surface area contributed by atoms with Gasteiger partial charge in [0.15, 0.2) is 0 Å². The fourth-order valence-corrected chi connectivity index (χ4v) is 2.37. The molecule has 22 heavy (non-hydrogen) atoms. The summed E-state index contributed by atoms with van der Waals surface area (Å²) in [4.78, 5) is 37.8. The average molecular weight is 302 g/mol. The summed E-state index contributed by atoms with van der Waals surface area (Å²) in [6.45, 7) is 3.51. The molecule has 1 saturated heterocycles. The third kappa shape index (κ3) is 3.00. The summed E-state index contributed by atoms with van der Waals surface area (Å²) in [5.41, 5.74) is -0.923. The van der Waals surface area contributed by atoms with Gasteiger partial charge in [0.2, 0.25) is 11.4 Å². The molecule has 0 spiro atoms. The molecule has 0 bridgehead atoms. The van der Waals surface area contributed by atoms with Crippen LogP contribution < -0.4 is 5.32 Å². The molecule has 0 aliphatic carbocycles. The largest absolute Gasteiger partial charge is 0.459 e. The molecule has 2 amide bonds. The summed E-state index contributed by atoms with van der Waals surface area (Å²) < 4.78 is 5.24. The molecule has 1 N–H and O–H groups in total. The number of amides is 2. The van der Waals surface area contributed by atoms with Crippen LogP contribution in [0.3, 0.4) is 0 Å². The van der Waals surface area contributed by atoms with Crippen molar-refractivity contribution in [1.82, 2.24) is 10.2 Å². The zero-order chi connectivity index (χ0) is 16.2. The second kappa shape index (κ2) is 6.43. The number of benzene rings is 1. The Labute approximate surface area is 128 Å². The maximum atomic E-state index is 12.5. The van der Waals surface area contributed by atoms with Crippen molar-refractivity contribution in [2.75, 3.05) is 13.6 Å². The molecule has 2 rings (SSSR count). The van der Waals surface area contributed by atoms with Gasteiger partial charge < -0.3 is 15.0 Å². The predicted molar refractivity (Wildman–Crippen MR) is 79.6 cm³/mol. The highest BCUT2D eigenvalue weighted by Gasteiger charge is 2.52. The van der Waals surface area contributed by atoms with Gasteiger partial charge in [-0.25, -0.2) is 4.79 Å². The highest BCUT2D eigenvalue weighted by molar-refractivity contribution is 6.13. The minimum atomic E-state index is -1.72. The molecule has 1 aromatic carbocycles. The number of likely N-dealkylation sites (N-methyl/N-ethyl adjacent to an activating group) is 1. The van der Waals surface area contributed by atoms with Crippen LogP contribution in [0, 0.1) is 0 Å². The van der Waals surface area contributed by atoms with Crippen molar-refractivity contribution in [1.29, 1.82) is 0 Å². The standard InChI is InChI=1S/C16H18N2O4/c1-3-9-16(14(20)18(2)10-13(19)17-16)15(21)22-11-12-7-5-4-6-8-12/h3-8H,1,9-11H2,2H3,(H,17,19). The molecular weight excluding hydrogens is 284 g/mol. The van der Waals surface area contributed by atoms with Gasteiger partial charge in [-0.1, -0.05) is 36.4 Å². The van der Waals surface area contributed by atoms with Crippen LogP contribution in [-0.2, 0) is 25.7 Å². The topological polar surface area (TPSA) is 75.7 Å². The van der Waals surface area contributed by atoms with E-state index in [1.54, 1.807) is 12.1 Å². The number of rotatable bonds is 5. The number of carbonyl (C=O) groups excluding carboxylic acids is 3. The van der Waals surface area contributed by atoms with E-state index in [4.69, 9.17) is 4.74 Å². The van der Waals surface area contributed by atoms with Gasteiger partial charge in [0, 0.05) is 13.5 Å². The smallest absolute Gasteiger partial charge is 0.342 e. The van der Waals surface area contributed by atoms with Gasteiger partial charge >= 0.3 is 5.97 Å². The Balaban J connectivity index is 2.18. The van der Waals surface area contributed by atoms with Gasteiger partial charge in [0.1, 0.15) is 6.61 Å². The van der Waals surface area contributed by atoms with E-state index in [0.717, 1.165) is 5.56 Å². The molecule has 6 nitrogen and oxygen atoms in total. The highest BCUT2D eigenvalue weighted by atomic mass is 16.5. The first-order valence-electron chi connectivity index (χ1n) is 6.88. The molecular formula is C16H18N2O4. The zero-order valence-corrected chi connectivity index (χ0v) is 12.4. The minimum absolute atomic E-state index is 0.0183. The molecule has 1 unspecified atom stereocenters. The van der Waals surface area contributed by atoms with Gasteiger partial charge in [-0.15, -0.1) is 6.58 Å². The molecule has 1 fully saturated rings. The number of nitrogens with zero attached hydrogens (tertiary/aromatic N) is 1. The van der Waals surface area contributed by atoms with Crippen LogP contribution in [0.25, 0.3) is 0 Å².